The SMILES string of the molecule is O=c1onc(-c2nonc2[N+](=O)[O-])n1Cc1ccc(F)c(Br)c1. The fourth-order valence-corrected chi connectivity index (χ4v) is 2.27. The van der Waals surface area contributed by atoms with Crippen LogP contribution in [0.5, 0.6) is 0 Å². The van der Waals surface area contributed by atoms with Crippen molar-refractivity contribution in [2.45, 2.75) is 6.54 Å². The largest absolute Gasteiger partial charge is 0.446 e. The Balaban J connectivity index is 2.05. The molecule has 2 aromatic heterocycles. The van der Waals surface area contributed by atoms with Gasteiger partial charge in [-0.25, -0.2) is 9.18 Å². The van der Waals surface area contributed by atoms with Crippen molar-refractivity contribution in [3.8, 4) is 11.5 Å². The van der Waals surface area contributed by atoms with Crippen molar-refractivity contribution in [3.05, 3.63) is 54.7 Å². The third kappa shape index (κ3) is 2.75. The van der Waals surface area contributed by atoms with Gasteiger partial charge in [0.15, 0.2) is 5.16 Å². The fourth-order valence-electron chi connectivity index (χ4n) is 1.84. The van der Waals surface area contributed by atoms with E-state index in [0.29, 0.717) is 5.56 Å². The van der Waals surface area contributed by atoms with Crippen LogP contribution in [0.3, 0.4) is 0 Å². The molecule has 0 unspecified atom stereocenters. The Morgan fingerprint density at radius 1 is 1.35 bits per heavy atom. The molecule has 1 aromatic carbocycles. The Labute approximate surface area is 133 Å². The molecule has 0 amide bonds. The van der Waals surface area contributed by atoms with Crippen molar-refractivity contribution in [2.75, 3.05) is 0 Å². The third-order valence-electron chi connectivity index (χ3n) is 2.87. The van der Waals surface area contributed by atoms with Gasteiger partial charge in [-0.1, -0.05) is 11.2 Å². The molecule has 0 aliphatic rings. The predicted octanol–water partition coefficient (Wildman–Crippen LogP) is 1.74. The van der Waals surface area contributed by atoms with E-state index in [2.05, 4.69) is 40.6 Å². The average Bonchev–Trinajstić information content (AvgIpc) is 3.11. The Kier molecular flexibility index (Phi) is 3.73. The van der Waals surface area contributed by atoms with Crippen molar-refractivity contribution >= 4 is 21.7 Å². The molecule has 0 radical (unpaired) electrons. The van der Waals surface area contributed by atoms with Gasteiger partial charge in [0.05, 0.1) is 11.0 Å². The number of hydrogen-bond acceptors (Lipinski definition) is 8. The first-order valence-corrected chi connectivity index (χ1v) is 6.74. The third-order valence-corrected chi connectivity index (χ3v) is 3.47. The topological polar surface area (TPSA) is 130 Å². The summed E-state index contributed by atoms with van der Waals surface area (Å²) in [6.07, 6.45) is 0. The van der Waals surface area contributed by atoms with E-state index in [9.17, 15) is 19.3 Å². The number of nitro groups is 1. The summed E-state index contributed by atoms with van der Waals surface area (Å²) >= 11 is 3.03. The lowest BCUT2D eigenvalue weighted by molar-refractivity contribution is -0.390. The van der Waals surface area contributed by atoms with Crippen LogP contribution in [0.15, 0.2) is 36.6 Å². The molecule has 0 aliphatic carbocycles. The van der Waals surface area contributed by atoms with E-state index in [1.54, 1.807) is 0 Å². The minimum Gasteiger partial charge on any atom is -0.358 e. The maximum Gasteiger partial charge on any atom is 0.446 e. The van der Waals surface area contributed by atoms with Crippen LogP contribution in [0.4, 0.5) is 10.2 Å². The second-order valence-corrected chi connectivity index (χ2v) is 5.15. The first kappa shape index (κ1) is 15.0. The summed E-state index contributed by atoms with van der Waals surface area (Å²) in [5.74, 6) is -2.25. The number of hydrogen-bond donors (Lipinski definition) is 0. The lowest BCUT2D eigenvalue weighted by atomic mass is 10.2. The van der Waals surface area contributed by atoms with Crippen molar-refractivity contribution in [3.63, 3.8) is 0 Å². The smallest absolute Gasteiger partial charge is 0.358 e. The van der Waals surface area contributed by atoms with E-state index in [4.69, 9.17) is 0 Å². The lowest BCUT2D eigenvalue weighted by Gasteiger charge is -2.04. The molecule has 3 aromatic rings. The molecule has 0 atom stereocenters. The Morgan fingerprint density at radius 2 is 2.13 bits per heavy atom. The highest BCUT2D eigenvalue weighted by Gasteiger charge is 2.29. The van der Waals surface area contributed by atoms with Crippen LogP contribution in [0.25, 0.3) is 11.5 Å². The number of benzene rings is 1. The van der Waals surface area contributed by atoms with Gasteiger partial charge in [0.25, 0.3) is 5.69 Å². The molecular formula is C11H5BrFN5O5. The summed E-state index contributed by atoms with van der Waals surface area (Å²) < 4.78 is 23.3. The zero-order valence-corrected chi connectivity index (χ0v) is 12.6. The second-order valence-electron chi connectivity index (χ2n) is 4.30. The first-order valence-electron chi connectivity index (χ1n) is 5.95. The van der Waals surface area contributed by atoms with E-state index in [1.807, 2.05) is 0 Å². The molecule has 0 saturated heterocycles. The number of aromatic nitrogens is 4. The van der Waals surface area contributed by atoms with Crippen molar-refractivity contribution < 1.29 is 18.5 Å². The molecule has 0 saturated carbocycles. The molecule has 3 rings (SSSR count). The van der Waals surface area contributed by atoms with Crippen molar-refractivity contribution in [1.29, 1.82) is 0 Å². The molecule has 2 heterocycles. The Morgan fingerprint density at radius 3 is 2.83 bits per heavy atom. The predicted molar refractivity (Wildman–Crippen MR) is 73.9 cm³/mol. The molecule has 0 spiro atoms. The molecule has 23 heavy (non-hydrogen) atoms. The Bertz CT molecular complexity index is 948. The van der Waals surface area contributed by atoms with Crippen LogP contribution in [-0.4, -0.2) is 25.0 Å². The minimum atomic E-state index is -0.863. The fraction of sp³-hybridized carbons (Fsp3) is 0.0909. The van der Waals surface area contributed by atoms with Gasteiger partial charge in [0.2, 0.25) is 5.82 Å². The summed E-state index contributed by atoms with van der Waals surface area (Å²) in [4.78, 5) is 21.8. The number of halogens is 2. The van der Waals surface area contributed by atoms with E-state index >= 15 is 0 Å². The van der Waals surface area contributed by atoms with Gasteiger partial charge in [0, 0.05) is 0 Å². The van der Waals surface area contributed by atoms with E-state index in [1.165, 1.54) is 18.2 Å². The monoisotopic (exact) mass is 385 g/mol. The highest BCUT2D eigenvalue weighted by Crippen LogP contribution is 2.24. The van der Waals surface area contributed by atoms with Gasteiger partial charge in [-0.2, -0.15) is 0 Å². The van der Waals surface area contributed by atoms with E-state index in [-0.39, 0.29) is 22.5 Å². The van der Waals surface area contributed by atoms with Crippen LogP contribution < -0.4 is 5.76 Å². The van der Waals surface area contributed by atoms with Crippen LogP contribution in [0, 0.1) is 15.9 Å². The van der Waals surface area contributed by atoms with Gasteiger partial charge < -0.3 is 10.1 Å². The first-order chi connectivity index (χ1) is 11.0. The van der Waals surface area contributed by atoms with Gasteiger partial charge in [-0.3, -0.25) is 9.09 Å². The van der Waals surface area contributed by atoms with Crippen LogP contribution in [0.1, 0.15) is 5.56 Å². The lowest BCUT2D eigenvalue weighted by Crippen LogP contribution is -2.16. The molecule has 12 heteroatoms. The molecule has 0 N–H and O–H groups in total. The molecular weight excluding hydrogens is 381 g/mol. The number of rotatable bonds is 4. The average molecular weight is 386 g/mol. The standard InChI is InChI=1S/C11H5BrFN5O5/c12-6-3-5(1-2-7(6)13)4-17-9(15-22-11(17)19)8-10(18(20)21)16-23-14-8/h1-3H,4H2. The summed E-state index contributed by atoms with van der Waals surface area (Å²) in [7, 11) is 0. The molecule has 118 valence electrons. The molecule has 10 nitrogen and oxygen atoms in total. The second kappa shape index (κ2) is 5.72. The van der Waals surface area contributed by atoms with Crippen molar-refractivity contribution in [1.82, 2.24) is 20.0 Å². The summed E-state index contributed by atoms with van der Waals surface area (Å²) in [6, 6.07) is 4.10. The number of nitrogens with zero attached hydrogens (tertiary/aromatic N) is 5. The van der Waals surface area contributed by atoms with Gasteiger partial charge in [-0.15, -0.1) is 4.63 Å². The quantitative estimate of drug-likeness (QED) is 0.490. The maximum atomic E-state index is 13.2. The maximum absolute atomic E-state index is 13.2. The summed E-state index contributed by atoms with van der Waals surface area (Å²) in [6.45, 7) is -0.0689. The van der Waals surface area contributed by atoms with Gasteiger partial charge in [-0.05, 0) is 43.7 Å². The zero-order chi connectivity index (χ0) is 16.6. The normalized spacial score (nSPS) is 10.9. The molecule has 0 bridgehead atoms. The van der Waals surface area contributed by atoms with E-state index < -0.39 is 22.3 Å². The zero-order valence-electron chi connectivity index (χ0n) is 11.0. The van der Waals surface area contributed by atoms with Crippen LogP contribution in [0.2, 0.25) is 0 Å². The van der Waals surface area contributed by atoms with Gasteiger partial charge in [0.1, 0.15) is 5.82 Å². The highest BCUT2D eigenvalue weighted by molar-refractivity contribution is 9.10. The molecule has 0 fully saturated rings. The van der Waals surface area contributed by atoms with Crippen molar-refractivity contribution in [2.24, 2.45) is 0 Å². The van der Waals surface area contributed by atoms with Crippen LogP contribution >= 0.6 is 15.9 Å². The molecule has 0 aliphatic heterocycles. The van der Waals surface area contributed by atoms with Gasteiger partial charge >= 0.3 is 11.6 Å². The summed E-state index contributed by atoms with van der Waals surface area (Å²) in [5.41, 5.74) is 0.186. The minimum absolute atomic E-state index is 0.0689. The van der Waals surface area contributed by atoms with E-state index in [0.717, 1.165) is 4.57 Å². The Hall–Kier alpha value is -2.89. The summed E-state index contributed by atoms with van der Waals surface area (Å²) in [5, 5.41) is 20.8. The highest BCUT2D eigenvalue weighted by atomic mass is 79.9. The van der Waals surface area contributed by atoms with Crippen LogP contribution in [-0.2, 0) is 6.54 Å².